The van der Waals surface area contributed by atoms with Crippen LogP contribution in [0.3, 0.4) is 0 Å². The van der Waals surface area contributed by atoms with Crippen molar-refractivity contribution >= 4 is 5.69 Å². The second-order valence-electron chi connectivity index (χ2n) is 4.49. The van der Waals surface area contributed by atoms with Crippen LogP contribution in [0.25, 0.3) is 0 Å². The van der Waals surface area contributed by atoms with E-state index in [-0.39, 0.29) is 30.8 Å². The number of non-ortho nitro benzene ring substituents is 1. The summed E-state index contributed by atoms with van der Waals surface area (Å²) in [5, 5.41) is 22.8. The lowest BCUT2D eigenvalue weighted by molar-refractivity contribution is -0.385. The number of benzene rings is 1. The predicted octanol–water partition coefficient (Wildman–Crippen LogP) is 1.84. The van der Waals surface area contributed by atoms with Gasteiger partial charge in [0.25, 0.3) is 5.69 Å². The van der Waals surface area contributed by atoms with E-state index in [1.54, 1.807) is 0 Å². The lowest BCUT2D eigenvalue weighted by Gasteiger charge is -2.19. The molecule has 1 atom stereocenters. The average Bonchev–Trinajstić information content (AvgIpc) is 2.28. The third-order valence-corrected chi connectivity index (χ3v) is 2.72. The number of halogens is 1. The number of nitrogens with zero attached hydrogens (tertiary/aromatic N) is 1. The van der Waals surface area contributed by atoms with Gasteiger partial charge in [-0.25, -0.2) is 4.39 Å². The van der Waals surface area contributed by atoms with Crippen molar-refractivity contribution in [2.75, 3.05) is 6.61 Å². The molecule has 100 valence electrons. The molecule has 0 radical (unpaired) electrons. The van der Waals surface area contributed by atoms with Gasteiger partial charge >= 0.3 is 0 Å². The molecule has 0 aromatic heterocycles. The molecule has 0 unspecified atom stereocenters. The maximum Gasteiger partial charge on any atom is 0.272 e. The smallest absolute Gasteiger partial charge is 0.272 e. The fraction of sp³-hybridized carbons (Fsp3) is 0.500. The van der Waals surface area contributed by atoms with Gasteiger partial charge in [-0.15, -0.1) is 0 Å². The van der Waals surface area contributed by atoms with Gasteiger partial charge in [-0.05, 0) is 17.5 Å². The van der Waals surface area contributed by atoms with Crippen LogP contribution in [-0.2, 0) is 6.54 Å². The molecule has 0 bridgehead atoms. The third kappa shape index (κ3) is 4.05. The van der Waals surface area contributed by atoms with Crippen LogP contribution >= 0.6 is 0 Å². The zero-order chi connectivity index (χ0) is 13.7. The Morgan fingerprint density at radius 2 is 2.11 bits per heavy atom. The first-order chi connectivity index (χ1) is 8.43. The number of aliphatic hydroxyl groups is 1. The molecule has 2 N–H and O–H groups in total. The highest BCUT2D eigenvalue weighted by atomic mass is 19.1. The molecule has 0 saturated carbocycles. The highest BCUT2D eigenvalue weighted by molar-refractivity contribution is 5.35. The average molecular weight is 256 g/mol. The van der Waals surface area contributed by atoms with E-state index in [0.29, 0.717) is 5.56 Å². The SMILES string of the molecule is CC(C)[C@@H](CO)NCc1cc(F)cc([N+](=O)[O-])c1. The van der Waals surface area contributed by atoms with E-state index >= 15 is 0 Å². The largest absolute Gasteiger partial charge is 0.395 e. The summed E-state index contributed by atoms with van der Waals surface area (Å²) >= 11 is 0. The Bertz CT molecular complexity index is 424. The van der Waals surface area contributed by atoms with E-state index in [1.165, 1.54) is 12.1 Å². The zero-order valence-corrected chi connectivity index (χ0v) is 10.4. The molecule has 18 heavy (non-hydrogen) atoms. The Morgan fingerprint density at radius 3 is 2.61 bits per heavy atom. The quantitative estimate of drug-likeness (QED) is 0.601. The molecule has 0 spiro atoms. The molecule has 1 rings (SSSR count). The lowest BCUT2D eigenvalue weighted by Crippen LogP contribution is -2.36. The Morgan fingerprint density at radius 1 is 1.44 bits per heavy atom. The standard InChI is InChI=1S/C12H17FN2O3/c1-8(2)12(7-16)14-6-9-3-10(13)5-11(4-9)15(17)18/h3-5,8,12,14,16H,6-7H2,1-2H3/t12-/m1/s1. The number of hydrogen-bond donors (Lipinski definition) is 2. The molecule has 0 fully saturated rings. The first-order valence-electron chi connectivity index (χ1n) is 5.72. The van der Waals surface area contributed by atoms with Gasteiger partial charge in [0.2, 0.25) is 0 Å². The topological polar surface area (TPSA) is 75.4 Å². The van der Waals surface area contributed by atoms with Gasteiger partial charge in [0.05, 0.1) is 17.6 Å². The number of nitro benzene ring substituents is 1. The second-order valence-corrected chi connectivity index (χ2v) is 4.49. The summed E-state index contributed by atoms with van der Waals surface area (Å²) in [4.78, 5) is 9.96. The molecule has 0 aliphatic carbocycles. The lowest BCUT2D eigenvalue weighted by atomic mass is 10.0. The van der Waals surface area contributed by atoms with Crippen molar-refractivity contribution in [1.82, 2.24) is 5.32 Å². The third-order valence-electron chi connectivity index (χ3n) is 2.72. The minimum Gasteiger partial charge on any atom is -0.395 e. The maximum absolute atomic E-state index is 13.2. The molecule has 0 saturated heterocycles. The van der Waals surface area contributed by atoms with Crippen LogP contribution < -0.4 is 5.32 Å². The number of nitrogens with one attached hydrogen (secondary N) is 1. The van der Waals surface area contributed by atoms with Crippen molar-refractivity contribution in [3.8, 4) is 0 Å². The first-order valence-corrected chi connectivity index (χ1v) is 5.72. The van der Waals surface area contributed by atoms with Crippen molar-refractivity contribution in [3.63, 3.8) is 0 Å². The van der Waals surface area contributed by atoms with Crippen LogP contribution in [0.5, 0.6) is 0 Å². The van der Waals surface area contributed by atoms with Gasteiger partial charge in [0.15, 0.2) is 0 Å². The van der Waals surface area contributed by atoms with Crippen LogP contribution in [0.4, 0.5) is 10.1 Å². The number of hydrogen-bond acceptors (Lipinski definition) is 4. The van der Waals surface area contributed by atoms with Crippen molar-refractivity contribution < 1.29 is 14.4 Å². The van der Waals surface area contributed by atoms with Gasteiger partial charge in [-0.3, -0.25) is 10.1 Å². The summed E-state index contributed by atoms with van der Waals surface area (Å²) in [5.41, 5.74) is 0.220. The fourth-order valence-electron chi connectivity index (χ4n) is 1.60. The Labute approximate surface area is 105 Å². The van der Waals surface area contributed by atoms with Crippen LogP contribution in [0.1, 0.15) is 19.4 Å². The summed E-state index contributed by atoms with van der Waals surface area (Å²) in [6.45, 7) is 4.14. The van der Waals surface area contributed by atoms with Crippen LogP contribution in [0.15, 0.2) is 18.2 Å². The molecule has 1 aromatic carbocycles. The van der Waals surface area contributed by atoms with E-state index in [9.17, 15) is 14.5 Å². The van der Waals surface area contributed by atoms with Gasteiger partial charge in [-0.1, -0.05) is 13.8 Å². The molecule has 6 heteroatoms. The van der Waals surface area contributed by atoms with E-state index in [2.05, 4.69) is 5.32 Å². The first kappa shape index (κ1) is 14.5. The van der Waals surface area contributed by atoms with Crippen molar-refractivity contribution in [2.24, 2.45) is 5.92 Å². The predicted molar refractivity (Wildman–Crippen MR) is 65.6 cm³/mol. The van der Waals surface area contributed by atoms with Gasteiger partial charge in [-0.2, -0.15) is 0 Å². The molecule has 0 aliphatic heterocycles. The van der Waals surface area contributed by atoms with Gasteiger partial charge < -0.3 is 10.4 Å². The Balaban J connectivity index is 2.75. The van der Waals surface area contributed by atoms with Crippen molar-refractivity contribution in [1.29, 1.82) is 0 Å². The molecular formula is C12H17FN2O3. The van der Waals surface area contributed by atoms with Crippen molar-refractivity contribution in [3.05, 3.63) is 39.7 Å². The maximum atomic E-state index is 13.2. The summed E-state index contributed by atoms with van der Waals surface area (Å²) < 4.78 is 13.2. The summed E-state index contributed by atoms with van der Waals surface area (Å²) in [7, 11) is 0. The van der Waals surface area contributed by atoms with Crippen molar-refractivity contribution in [2.45, 2.75) is 26.4 Å². The number of aliphatic hydroxyl groups excluding tert-OH is 1. The highest BCUT2D eigenvalue weighted by Crippen LogP contribution is 2.16. The molecular weight excluding hydrogens is 239 g/mol. The molecule has 5 nitrogen and oxygen atoms in total. The number of rotatable bonds is 6. The van der Waals surface area contributed by atoms with Crippen LogP contribution in [-0.4, -0.2) is 22.7 Å². The van der Waals surface area contributed by atoms with Crippen LogP contribution in [0, 0.1) is 21.8 Å². The van der Waals surface area contributed by atoms with E-state index < -0.39 is 10.7 Å². The highest BCUT2D eigenvalue weighted by Gasteiger charge is 2.13. The van der Waals surface area contributed by atoms with Crippen LogP contribution in [0.2, 0.25) is 0 Å². The van der Waals surface area contributed by atoms with Gasteiger partial charge in [0, 0.05) is 18.7 Å². The van der Waals surface area contributed by atoms with E-state index in [0.717, 1.165) is 6.07 Å². The Hall–Kier alpha value is -1.53. The number of nitro groups is 1. The summed E-state index contributed by atoms with van der Waals surface area (Å²) in [6, 6.07) is 3.34. The normalized spacial score (nSPS) is 12.7. The minimum atomic E-state index is -0.633. The molecule has 0 amide bonds. The monoisotopic (exact) mass is 256 g/mol. The molecule has 1 aromatic rings. The van der Waals surface area contributed by atoms with E-state index in [1.807, 2.05) is 13.8 Å². The summed E-state index contributed by atoms with van der Waals surface area (Å²) in [5.74, 6) is -0.412. The Kier molecular flexibility index (Phi) is 5.18. The zero-order valence-electron chi connectivity index (χ0n) is 10.4. The van der Waals surface area contributed by atoms with Gasteiger partial charge in [0.1, 0.15) is 5.82 Å². The van der Waals surface area contributed by atoms with E-state index in [4.69, 9.17) is 5.11 Å². The summed E-state index contributed by atoms with van der Waals surface area (Å²) in [6.07, 6.45) is 0. The molecule has 0 heterocycles. The second kappa shape index (κ2) is 6.42. The fourth-order valence-corrected chi connectivity index (χ4v) is 1.60. The minimum absolute atomic E-state index is 0.0327. The molecule has 0 aliphatic rings.